The maximum Gasteiger partial charge on any atom is 0.380 e. The van der Waals surface area contributed by atoms with E-state index in [2.05, 4.69) is 31.4 Å². The number of pyridine rings is 1. The summed E-state index contributed by atoms with van der Waals surface area (Å²) < 4.78 is 17.6. The number of benzene rings is 2. The molecule has 0 unspecified atom stereocenters. The quantitative estimate of drug-likeness (QED) is 0.198. The molecule has 8 nitrogen and oxygen atoms in total. The first kappa shape index (κ1) is 23.7. The van der Waals surface area contributed by atoms with Gasteiger partial charge in [-0.25, -0.2) is 10.2 Å². The van der Waals surface area contributed by atoms with Gasteiger partial charge in [0.1, 0.15) is 17.0 Å². The number of halogens is 1. The summed E-state index contributed by atoms with van der Waals surface area (Å²) in [6, 6.07) is 14.0. The van der Waals surface area contributed by atoms with E-state index in [1.54, 1.807) is 50.6 Å². The number of rotatable bonds is 5. The van der Waals surface area contributed by atoms with Gasteiger partial charge in [-0.3, -0.25) is 9.78 Å². The molecule has 9 heteroatoms. The summed E-state index contributed by atoms with van der Waals surface area (Å²) in [6.07, 6.45) is 3.74. The summed E-state index contributed by atoms with van der Waals surface area (Å²) in [5, 5.41) is 5.20. The van der Waals surface area contributed by atoms with Crippen molar-refractivity contribution in [1.82, 2.24) is 10.4 Å². The lowest BCUT2D eigenvalue weighted by Gasteiger charge is -2.13. The lowest BCUT2D eigenvalue weighted by atomic mass is 9.93. The number of hydrogen-bond donors (Lipinski definition) is 1. The average Bonchev–Trinajstić information content (AvgIpc) is 3.26. The van der Waals surface area contributed by atoms with E-state index >= 15 is 0 Å². The van der Waals surface area contributed by atoms with E-state index in [1.807, 2.05) is 18.2 Å². The number of ether oxygens (including phenoxy) is 2. The first-order valence-electron chi connectivity index (χ1n) is 11.3. The number of furan rings is 1. The number of aryl methyl sites for hydroxylation is 1. The van der Waals surface area contributed by atoms with Gasteiger partial charge in [-0.1, -0.05) is 22.0 Å². The molecule has 0 spiro atoms. The monoisotopic (exact) mass is 547 g/mol. The van der Waals surface area contributed by atoms with E-state index in [-0.39, 0.29) is 11.7 Å². The van der Waals surface area contributed by atoms with Crippen LogP contribution in [-0.4, -0.2) is 29.7 Å². The van der Waals surface area contributed by atoms with Crippen LogP contribution >= 0.6 is 15.9 Å². The lowest BCUT2D eigenvalue weighted by molar-refractivity contribution is 0.0700. The van der Waals surface area contributed by atoms with Crippen molar-refractivity contribution in [3.8, 4) is 11.5 Å². The van der Waals surface area contributed by atoms with Crippen LogP contribution in [0.1, 0.15) is 50.6 Å². The van der Waals surface area contributed by atoms with Gasteiger partial charge in [0, 0.05) is 39.2 Å². The zero-order valence-corrected chi connectivity index (χ0v) is 21.2. The van der Waals surface area contributed by atoms with Crippen LogP contribution in [0.3, 0.4) is 0 Å². The molecule has 1 amide bonds. The first-order valence-corrected chi connectivity index (χ1v) is 12.1. The number of aromatic nitrogens is 1. The molecule has 0 atom stereocenters. The summed E-state index contributed by atoms with van der Waals surface area (Å²) in [5.41, 5.74) is 5.67. The molecule has 4 aromatic rings. The minimum Gasteiger partial charge on any atom is -0.497 e. The zero-order valence-electron chi connectivity index (χ0n) is 19.6. The first-order chi connectivity index (χ1) is 17.5. The zero-order chi connectivity index (χ0) is 25.2. The molecule has 0 radical (unpaired) electrons. The highest BCUT2D eigenvalue weighted by atomic mass is 79.9. The Kier molecular flexibility index (Phi) is 6.56. The molecule has 1 aliphatic carbocycles. The van der Waals surface area contributed by atoms with Crippen molar-refractivity contribution in [2.75, 3.05) is 7.11 Å². The Morgan fingerprint density at radius 1 is 1.11 bits per heavy atom. The lowest BCUT2D eigenvalue weighted by Crippen LogP contribution is -2.22. The second-order valence-electron chi connectivity index (χ2n) is 8.27. The molecule has 36 heavy (non-hydrogen) atoms. The molecule has 182 valence electrons. The Balaban J connectivity index is 1.39. The fourth-order valence-electron chi connectivity index (χ4n) is 4.24. The number of esters is 1. The van der Waals surface area contributed by atoms with Gasteiger partial charge in [-0.05, 0) is 62.2 Å². The maximum atomic E-state index is 13.1. The van der Waals surface area contributed by atoms with Gasteiger partial charge in [0.25, 0.3) is 5.91 Å². The van der Waals surface area contributed by atoms with E-state index in [4.69, 9.17) is 13.9 Å². The van der Waals surface area contributed by atoms with Crippen molar-refractivity contribution >= 4 is 44.4 Å². The van der Waals surface area contributed by atoms with Gasteiger partial charge >= 0.3 is 5.97 Å². The molecule has 0 saturated carbocycles. The van der Waals surface area contributed by atoms with Crippen molar-refractivity contribution in [2.45, 2.75) is 26.2 Å². The molecule has 1 N–H and O–H groups in total. The third-order valence-electron chi connectivity index (χ3n) is 6.04. The number of carbonyl (C=O) groups excluding carboxylic acids is 2. The summed E-state index contributed by atoms with van der Waals surface area (Å²) in [5.74, 6) is 0.818. The fraction of sp³-hybridized carbons (Fsp3) is 0.185. The molecule has 1 aliphatic rings. The predicted octanol–water partition coefficient (Wildman–Crippen LogP) is 5.60. The molecule has 2 heterocycles. The van der Waals surface area contributed by atoms with Crippen molar-refractivity contribution < 1.29 is 23.5 Å². The SMILES string of the molecule is COc1ccc(C(=O)N/N=C2\CCCc3oc(C(=O)Oc4ccc(Br)c5cccnc45)c(C)c32)cc1. The standard InChI is InChI=1S/C27H22BrN3O5/c1-15-23-20(30-31-26(32)16-8-10-17(34-2)11-9-16)6-3-7-21(23)35-25(15)27(33)36-22-13-12-19(28)18-5-4-14-29-24(18)22/h4-5,8-14H,3,6-7H2,1-2H3,(H,31,32)/b30-20+. The van der Waals surface area contributed by atoms with Crippen LogP contribution in [0.4, 0.5) is 0 Å². The van der Waals surface area contributed by atoms with Gasteiger partial charge < -0.3 is 13.9 Å². The Hall–Kier alpha value is -3.98. The van der Waals surface area contributed by atoms with E-state index in [9.17, 15) is 9.59 Å². The number of hydrazone groups is 1. The number of carbonyl (C=O) groups is 2. The van der Waals surface area contributed by atoms with Crippen LogP contribution in [0, 0.1) is 6.92 Å². The van der Waals surface area contributed by atoms with Gasteiger partial charge in [0.15, 0.2) is 5.75 Å². The summed E-state index contributed by atoms with van der Waals surface area (Å²) in [4.78, 5) is 30.0. The molecule has 5 rings (SSSR count). The Bertz CT molecular complexity index is 1510. The molecule has 2 aromatic carbocycles. The van der Waals surface area contributed by atoms with E-state index in [1.165, 1.54) is 0 Å². The van der Waals surface area contributed by atoms with E-state index < -0.39 is 5.97 Å². The number of methoxy groups -OCH3 is 1. The Morgan fingerprint density at radius 2 is 1.92 bits per heavy atom. The summed E-state index contributed by atoms with van der Waals surface area (Å²) in [7, 11) is 1.57. The maximum absolute atomic E-state index is 13.1. The summed E-state index contributed by atoms with van der Waals surface area (Å²) >= 11 is 3.50. The van der Waals surface area contributed by atoms with Gasteiger partial charge in [0.2, 0.25) is 5.76 Å². The van der Waals surface area contributed by atoms with Crippen LogP contribution in [-0.2, 0) is 6.42 Å². The highest BCUT2D eigenvalue weighted by molar-refractivity contribution is 9.10. The topological polar surface area (TPSA) is 103 Å². The Morgan fingerprint density at radius 3 is 2.69 bits per heavy atom. The largest absolute Gasteiger partial charge is 0.497 e. The minimum absolute atomic E-state index is 0.114. The molecule has 0 fully saturated rings. The van der Waals surface area contributed by atoms with Crippen molar-refractivity contribution in [3.63, 3.8) is 0 Å². The molecule has 0 bridgehead atoms. The highest BCUT2D eigenvalue weighted by Crippen LogP contribution is 2.33. The van der Waals surface area contributed by atoms with Crippen LogP contribution in [0.5, 0.6) is 11.5 Å². The second kappa shape index (κ2) is 9.94. The third-order valence-corrected chi connectivity index (χ3v) is 6.73. The van der Waals surface area contributed by atoms with Gasteiger partial charge in [-0.15, -0.1) is 0 Å². The van der Waals surface area contributed by atoms with Crippen molar-refractivity contribution in [3.05, 3.63) is 87.4 Å². The van der Waals surface area contributed by atoms with Crippen LogP contribution < -0.4 is 14.9 Å². The number of fused-ring (bicyclic) bond motifs is 2. The van der Waals surface area contributed by atoms with Crippen LogP contribution in [0.2, 0.25) is 0 Å². The highest BCUT2D eigenvalue weighted by Gasteiger charge is 2.29. The number of amides is 1. The van der Waals surface area contributed by atoms with Crippen LogP contribution in [0.15, 0.2) is 68.7 Å². The van der Waals surface area contributed by atoms with Crippen molar-refractivity contribution in [2.24, 2.45) is 5.10 Å². The Labute approximate surface area is 215 Å². The number of nitrogens with one attached hydrogen (secondary N) is 1. The molecule has 0 saturated heterocycles. The average molecular weight is 548 g/mol. The minimum atomic E-state index is -0.613. The molecule has 2 aromatic heterocycles. The smallest absolute Gasteiger partial charge is 0.380 e. The number of hydrogen-bond acceptors (Lipinski definition) is 7. The van der Waals surface area contributed by atoms with Crippen molar-refractivity contribution in [1.29, 1.82) is 0 Å². The third kappa shape index (κ3) is 4.49. The normalized spacial score (nSPS) is 13.9. The van der Waals surface area contributed by atoms with E-state index in [0.717, 1.165) is 21.8 Å². The molecular weight excluding hydrogens is 526 g/mol. The predicted molar refractivity (Wildman–Crippen MR) is 138 cm³/mol. The second-order valence-corrected chi connectivity index (χ2v) is 9.12. The van der Waals surface area contributed by atoms with Crippen LogP contribution in [0.25, 0.3) is 10.9 Å². The number of nitrogens with zero attached hydrogens (tertiary/aromatic N) is 2. The summed E-state index contributed by atoms with van der Waals surface area (Å²) in [6.45, 7) is 1.79. The molecule has 0 aliphatic heterocycles. The van der Waals surface area contributed by atoms with E-state index in [0.29, 0.717) is 52.5 Å². The van der Waals surface area contributed by atoms with Gasteiger partial charge in [0.05, 0.1) is 12.8 Å². The van der Waals surface area contributed by atoms with Gasteiger partial charge in [-0.2, -0.15) is 5.10 Å². The molecular formula is C27H22BrN3O5. The fourth-order valence-corrected chi connectivity index (χ4v) is 4.69.